The molecule has 134 valence electrons. The smallest absolute Gasteiger partial charge is 0.227 e. The lowest BCUT2D eigenvalue weighted by atomic mass is 10.1. The first kappa shape index (κ1) is 17.9. The number of halogens is 1. The average Bonchev–Trinajstić information content (AvgIpc) is 2.69. The SMILES string of the molecule is CCN(Cc1ccccc1)c1nccc(NCCc2ccccc2F)n1. The van der Waals surface area contributed by atoms with Gasteiger partial charge >= 0.3 is 0 Å². The molecule has 4 nitrogen and oxygen atoms in total. The number of hydrogen-bond acceptors (Lipinski definition) is 4. The summed E-state index contributed by atoms with van der Waals surface area (Å²) in [5, 5.41) is 3.26. The summed E-state index contributed by atoms with van der Waals surface area (Å²) in [5.74, 6) is 1.27. The van der Waals surface area contributed by atoms with E-state index < -0.39 is 0 Å². The maximum absolute atomic E-state index is 13.7. The van der Waals surface area contributed by atoms with Crippen LogP contribution in [-0.2, 0) is 13.0 Å². The summed E-state index contributed by atoms with van der Waals surface area (Å²) in [7, 11) is 0. The van der Waals surface area contributed by atoms with E-state index in [2.05, 4.69) is 39.2 Å². The zero-order valence-electron chi connectivity index (χ0n) is 14.9. The lowest BCUT2D eigenvalue weighted by Gasteiger charge is -2.21. The second-order valence-electron chi connectivity index (χ2n) is 6.01. The van der Waals surface area contributed by atoms with Crippen LogP contribution in [0.1, 0.15) is 18.1 Å². The van der Waals surface area contributed by atoms with Gasteiger partial charge in [-0.1, -0.05) is 48.5 Å². The minimum atomic E-state index is -0.169. The van der Waals surface area contributed by atoms with Crippen molar-refractivity contribution in [3.05, 3.63) is 83.8 Å². The van der Waals surface area contributed by atoms with Crippen LogP contribution in [0.15, 0.2) is 66.9 Å². The molecule has 2 aromatic carbocycles. The van der Waals surface area contributed by atoms with Crippen molar-refractivity contribution >= 4 is 11.8 Å². The van der Waals surface area contributed by atoms with Gasteiger partial charge in [-0.15, -0.1) is 0 Å². The first-order valence-corrected chi connectivity index (χ1v) is 8.85. The van der Waals surface area contributed by atoms with Crippen LogP contribution in [0.4, 0.5) is 16.2 Å². The lowest BCUT2D eigenvalue weighted by Crippen LogP contribution is -2.24. The third kappa shape index (κ3) is 4.79. The molecule has 0 fully saturated rings. The number of hydrogen-bond donors (Lipinski definition) is 1. The van der Waals surface area contributed by atoms with Gasteiger partial charge in [0, 0.05) is 25.8 Å². The maximum atomic E-state index is 13.7. The molecule has 1 N–H and O–H groups in total. The first-order valence-electron chi connectivity index (χ1n) is 8.85. The molecule has 0 radical (unpaired) electrons. The van der Waals surface area contributed by atoms with E-state index >= 15 is 0 Å². The van der Waals surface area contributed by atoms with Crippen molar-refractivity contribution in [3.63, 3.8) is 0 Å². The van der Waals surface area contributed by atoms with Gasteiger partial charge in [0.15, 0.2) is 0 Å². The average molecular weight is 350 g/mol. The molecule has 0 aliphatic carbocycles. The molecule has 0 saturated carbocycles. The molecule has 3 rings (SSSR count). The summed E-state index contributed by atoms with van der Waals surface area (Å²) in [6, 6.07) is 19.0. The van der Waals surface area contributed by atoms with Gasteiger partial charge < -0.3 is 10.2 Å². The molecule has 5 heteroatoms. The largest absolute Gasteiger partial charge is 0.370 e. The second-order valence-corrected chi connectivity index (χ2v) is 6.01. The van der Waals surface area contributed by atoms with Crippen molar-refractivity contribution in [1.82, 2.24) is 9.97 Å². The van der Waals surface area contributed by atoms with Crippen molar-refractivity contribution in [2.45, 2.75) is 19.9 Å². The minimum Gasteiger partial charge on any atom is -0.370 e. The molecule has 0 unspecified atom stereocenters. The molecular weight excluding hydrogens is 327 g/mol. The van der Waals surface area contributed by atoms with E-state index in [1.807, 2.05) is 30.3 Å². The fourth-order valence-corrected chi connectivity index (χ4v) is 2.75. The fourth-order valence-electron chi connectivity index (χ4n) is 2.75. The van der Waals surface area contributed by atoms with Gasteiger partial charge in [-0.3, -0.25) is 0 Å². The molecule has 0 atom stereocenters. The van der Waals surface area contributed by atoms with Crippen LogP contribution in [0.2, 0.25) is 0 Å². The third-order valence-corrected chi connectivity index (χ3v) is 4.18. The third-order valence-electron chi connectivity index (χ3n) is 4.18. The van der Waals surface area contributed by atoms with Crippen LogP contribution < -0.4 is 10.2 Å². The summed E-state index contributed by atoms with van der Waals surface area (Å²) < 4.78 is 13.7. The molecule has 0 saturated heterocycles. The van der Waals surface area contributed by atoms with E-state index in [0.717, 1.165) is 18.9 Å². The van der Waals surface area contributed by atoms with Gasteiger partial charge in [0.2, 0.25) is 5.95 Å². The van der Waals surface area contributed by atoms with Crippen molar-refractivity contribution in [2.75, 3.05) is 23.3 Å². The van der Waals surface area contributed by atoms with E-state index in [4.69, 9.17) is 0 Å². The van der Waals surface area contributed by atoms with E-state index in [-0.39, 0.29) is 5.82 Å². The number of benzene rings is 2. The Labute approximate surface area is 153 Å². The molecule has 0 aliphatic heterocycles. The first-order chi connectivity index (χ1) is 12.8. The monoisotopic (exact) mass is 350 g/mol. The fraction of sp³-hybridized carbons (Fsp3) is 0.238. The second kappa shape index (κ2) is 8.94. The normalized spacial score (nSPS) is 10.5. The zero-order valence-corrected chi connectivity index (χ0v) is 14.9. The topological polar surface area (TPSA) is 41.1 Å². The highest BCUT2D eigenvalue weighted by Crippen LogP contribution is 2.14. The summed E-state index contributed by atoms with van der Waals surface area (Å²) in [4.78, 5) is 11.1. The van der Waals surface area contributed by atoms with Crippen molar-refractivity contribution in [3.8, 4) is 0 Å². The summed E-state index contributed by atoms with van der Waals surface area (Å²) in [6.07, 6.45) is 2.36. The Bertz CT molecular complexity index is 823. The zero-order chi connectivity index (χ0) is 18.2. The Balaban J connectivity index is 1.62. The molecule has 1 heterocycles. The van der Waals surface area contributed by atoms with Gasteiger partial charge in [-0.05, 0) is 36.6 Å². The Kier molecular flexibility index (Phi) is 6.14. The highest BCUT2D eigenvalue weighted by molar-refractivity contribution is 5.42. The minimum absolute atomic E-state index is 0.169. The number of nitrogens with zero attached hydrogens (tertiary/aromatic N) is 3. The molecule has 0 bridgehead atoms. The maximum Gasteiger partial charge on any atom is 0.227 e. The van der Waals surface area contributed by atoms with Gasteiger partial charge in [0.05, 0.1) is 0 Å². The van der Waals surface area contributed by atoms with Gasteiger partial charge in [-0.2, -0.15) is 4.98 Å². The van der Waals surface area contributed by atoms with Crippen LogP contribution in [0.5, 0.6) is 0 Å². The van der Waals surface area contributed by atoms with Crippen LogP contribution in [0.25, 0.3) is 0 Å². The standard InChI is InChI=1S/C21H23FN4/c1-2-26(16-17-8-4-3-5-9-17)21-24-15-13-20(25-21)23-14-12-18-10-6-7-11-19(18)22/h3-11,13,15H,2,12,14,16H2,1H3,(H,23,24,25). The highest BCUT2D eigenvalue weighted by Gasteiger charge is 2.09. The highest BCUT2D eigenvalue weighted by atomic mass is 19.1. The number of aromatic nitrogens is 2. The Hall–Kier alpha value is -2.95. The molecular formula is C21H23FN4. The Morgan fingerprint density at radius 3 is 2.54 bits per heavy atom. The molecule has 0 spiro atoms. The van der Waals surface area contributed by atoms with Crippen LogP contribution >= 0.6 is 0 Å². The molecule has 3 aromatic rings. The number of nitrogens with one attached hydrogen (secondary N) is 1. The summed E-state index contributed by atoms with van der Waals surface area (Å²) in [6.45, 7) is 4.27. The van der Waals surface area contributed by atoms with E-state index in [1.54, 1.807) is 18.3 Å². The van der Waals surface area contributed by atoms with Gasteiger partial charge in [-0.25, -0.2) is 9.37 Å². The van der Waals surface area contributed by atoms with E-state index in [1.165, 1.54) is 11.6 Å². The van der Waals surface area contributed by atoms with Crippen molar-refractivity contribution in [2.24, 2.45) is 0 Å². The predicted molar refractivity (Wildman–Crippen MR) is 104 cm³/mol. The van der Waals surface area contributed by atoms with Crippen molar-refractivity contribution in [1.29, 1.82) is 0 Å². The summed E-state index contributed by atoms with van der Waals surface area (Å²) in [5.41, 5.74) is 1.92. The van der Waals surface area contributed by atoms with Gasteiger partial charge in [0.1, 0.15) is 11.6 Å². The van der Waals surface area contributed by atoms with Crippen molar-refractivity contribution < 1.29 is 4.39 Å². The molecule has 0 amide bonds. The molecule has 0 aliphatic rings. The quantitative estimate of drug-likeness (QED) is 0.658. The van der Waals surface area contributed by atoms with E-state index in [9.17, 15) is 4.39 Å². The van der Waals surface area contributed by atoms with Gasteiger partial charge in [0.25, 0.3) is 0 Å². The Morgan fingerprint density at radius 1 is 1.00 bits per heavy atom. The molecule has 26 heavy (non-hydrogen) atoms. The number of anilines is 2. The van der Waals surface area contributed by atoms with Crippen LogP contribution in [0.3, 0.4) is 0 Å². The predicted octanol–water partition coefficient (Wildman–Crippen LogP) is 4.30. The van der Waals surface area contributed by atoms with Crippen LogP contribution in [0, 0.1) is 5.82 Å². The number of rotatable bonds is 8. The molecule has 1 aromatic heterocycles. The van der Waals surface area contributed by atoms with Crippen LogP contribution in [-0.4, -0.2) is 23.1 Å². The Morgan fingerprint density at radius 2 is 1.77 bits per heavy atom. The summed E-state index contributed by atoms with van der Waals surface area (Å²) >= 11 is 0. The lowest BCUT2D eigenvalue weighted by molar-refractivity contribution is 0.610. The van der Waals surface area contributed by atoms with E-state index in [0.29, 0.717) is 24.5 Å².